The minimum atomic E-state index is -4.90. The average Bonchev–Trinajstić information content (AvgIpc) is 2.32. The van der Waals surface area contributed by atoms with Gasteiger partial charge in [-0.15, -0.1) is 0 Å². The number of carbonyl (C=O) groups is 1. The van der Waals surface area contributed by atoms with Crippen LogP contribution >= 0.6 is 0 Å². The largest absolute Gasteiger partial charge is 0.545 e. The maximum absolute atomic E-state index is 13.0. The number of sulfonamides is 1. The normalized spacial score (nSPS) is 13.7. The van der Waals surface area contributed by atoms with Crippen molar-refractivity contribution >= 4 is 21.7 Å². The molecule has 0 aliphatic carbocycles. The molecule has 1 N–H and O–H groups in total. The van der Waals surface area contributed by atoms with E-state index in [1.165, 1.54) is 6.92 Å². The minimum Gasteiger partial charge on any atom is -0.545 e. The van der Waals surface area contributed by atoms with Gasteiger partial charge in [0.1, 0.15) is 0 Å². The van der Waals surface area contributed by atoms with Crippen molar-refractivity contribution in [3.8, 4) is 0 Å². The highest BCUT2D eigenvalue weighted by Crippen LogP contribution is 2.38. The van der Waals surface area contributed by atoms with E-state index in [1.54, 1.807) is 0 Å². The zero-order valence-electron chi connectivity index (χ0n) is 11.6. The zero-order valence-corrected chi connectivity index (χ0v) is 12.4. The Morgan fingerprint density at radius 2 is 1.95 bits per heavy atom. The van der Waals surface area contributed by atoms with Gasteiger partial charge in [-0.1, -0.05) is 6.07 Å². The highest BCUT2D eigenvalue weighted by Gasteiger charge is 2.37. The first-order chi connectivity index (χ1) is 9.84. The third-order valence-electron chi connectivity index (χ3n) is 2.64. The molecular weight excluding hydrogens is 327 g/mol. The van der Waals surface area contributed by atoms with E-state index in [0.29, 0.717) is 28.8 Å². The van der Waals surface area contributed by atoms with Crippen LogP contribution in [-0.4, -0.2) is 38.4 Å². The minimum absolute atomic E-state index is 0.312. The first-order valence-electron chi connectivity index (χ1n) is 5.92. The topological polar surface area (TPSA) is 97.7 Å². The van der Waals surface area contributed by atoms with E-state index in [1.807, 2.05) is 0 Å². The molecule has 0 saturated carbocycles. The third-order valence-corrected chi connectivity index (χ3v) is 3.78. The number of aliphatic hydroxyl groups is 1. The summed E-state index contributed by atoms with van der Waals surface area (Å²) in [7, 11) is -4.18. The number of nitrogens with zero attached hydrogens (tertiary/aromatic N) is 1. The Morgan fingerprint density at radius 1 is 1.41 bits per heavy atom. The van der Waals surface area contributed by atoms with E-state index in [-0.39, 0.29) is 0 Å². The van der Waals surface area contributed by atoms with Gasteiger partial charge in [-0.25, -0.2) is 8.42 Å². The highest BCUT2D eigenvalue weighted by molar-refractivity contribution is 7.92. The van der Waals surface area contributed by atoms with Crippen LogP contribution in [-0.2, 0) is 16.2 Å². The average molecular weight is 340 g/mol. The van der Waals surface area contributed by atoms with Crippen LogP contribution in [0.4, 0.5) is 18.9 Å². The lowest BCUT2D eigenvalue weighted by Gasteiger charge is -2.27. The zero-order chi connectivity index (χ0) is 17.3. The Hall–Kier alpha value is -1.81. The fourth-order valence-corrected chi connectivity index (χ4v) is 2.75. The molecule has 10 heteroatoms. The van der Waals surface area contributed by atoms with Crippen LogP contribution in [0.15, 0.2) is 18.2 Å². The summed E-state index contributed by atoms with van der Waals surface area (Å²) in [6.45, 7) is 0.534. The van der Waals surface area contributed by atoms with Gasteiger partial charge in [0.15, 0.2) is 0 Å². The number of halogens is 3. The second-order valence-electron chi connectivity index (χ2n) is 4.66. The fourth-order valence-electron chi connectivity index (χ4n) is 1.76. The lowest BCUT2D eigenvalue weighted by molar-refractivity contribution is -0.255. The van der Waals surface area contributed by atoms with Crippen molar-refractivity contribution in [3.05, 3.63) is 29.3 Å². The van der Waals surface area contributed by atoms with Crippen LogP contribution in [0.25, 0.3) is 0 Å². The van der Waals surface area contributed by atoms with Crippen molar-refractivity contribution in [2.75, 3.05) is 17.1 Å². The van der Waals surface area contributed by atoms with Gasteiger partial charge in [-0.05, 0) is 24.6 Å². The van der Waals surface area contributed by atoms with Crippen LogP contribution in [0.1, 0.15) is 22.8 Å². The quantitative estimate of drug-likeness (QED) is 0.827. The van der Waals surface area contributed by atoms with E-state index >= 15 is 0 Å². The van der Waals surface area contributed by atoms with Gasteiger partial charge in [0.05, 0.1) is 36.1 Å². The molecule has 1 aromatic carbocycles. The summed E-state index contributed by atoms with van der Waals surface area (Å²) in [6, 6.07) is 1.69. The number of alkyl halides is 3. The van der Waals surface area contributed by atoms with Crippen molar-refractivity contribution in [2.24, 2.45) is 0 Å². The summed E-state index contributed by atoms with van der Waals surface area (Å²) in [5.74, 6) is -1.75. The molecular formula is C12H13F3NO5S-. The molecule has 6 nitrogen and oxygen atoms in total. The molecule has 0 spiro atoms. The van der Waals surface area contributed by atoms with Crippen LogP contribution in [0.3, 0.4) is 0 Å². The Bertz CT molecular complexity index is 670. The molecule has 1 aromatic rings. The van der Waals surface area contributed by atoms with Gasteiger partial charge < -0.3 is 15.0 Å². The Balaban J connectivity index is 3.63. The van der Waals surface area contributed by atoms with E-state index in [0.717, 1.165) is 0 Å². The van der Waals surface area contributed by atoms with E-state index in [4.69, 9.17) is 0 Å². The van der Waals surface area contributed by atoms with Crippen molar-refractivity contribution in [2.45, 2.75) is 19.2 Å². The van der Waals surface area contributed by atoms with Crippen LogP contribution in [0.5, 0.6) is 0 Å². The summed E-state index contributed by atoms with van der Waals surface area (Å²) in [6.07, 6.45) is -5.51. The van der Waals surface area contributed by atoms with E-state index in [2.05, 4.69) is 0 Å². The molecule has 0 radical (unpaired) electrons. The first-order valence-corrected chi connectivity index (χ1v) is 7.77. The second kappa shape index (κ2) is 6.13. The first kappa shape index (κ1) is 18.2. The number of benzene rings is 1. The smallest absolute Gasteiger partial charge is 0.418 e. The molecule has 0 aromatic heterocycles. The molecule has 1 atom stereocenters. The maximum atomic E-state index is 13.0. The molecule has 22 heavy (non-hydrogen) atoms. The van der Waals surface area contributed by atoms with Crippen molar-refractivity contribution in [3.63, 3.8) is 0 Å². The summed E-state index contributed by atoms with van der Waals surface area (Å²) < 4.78 is 62.8. The molecule has 0 amide bonds. The molecule has 0 heterocycles. The molecule has 1 rings (SSSR count). The molecule has 0 aliphatic heterocycles. The number of hydrogen-bond acceptors (Lipinski definition) is 5. The van der Waals surface area contributed by atoms with E-state index in [9.17, 15) is 36.6 Å². The van der Waals surface area contributed by atoms with Gasteiger partial charge in [0, 0.05) is 0 Å². The highest BCUT2D eigenvalue weighted by atomic mass is 32.2. The van der Waals surface area contributed by atoms with Crippen molar-refractivity contribution < 1.29 is 36.6 Å². The Labute approximate surface area is 124 Å². The summed E-state index contributed by atoms with van der Waals surface area (Å²) in [5.41, 5.74) is -2.82. The fraction of sp³-hybridized carbons (Fsp3) is 0.417. The number of carboxylic acids is 1. The number of carboxylic acid groups (broad SMARTS) is 1. The number of carbonyl (C=O) groups excluding carboxylic acids is 1. The molecule has 0 bridgehead atoms. The molecule has 1 unspecified atom stereocenters. The number of aliphatic hydroxyl groups excluding tert-OH is 1. The van der Waals surface area contributed by atoms with Gasteiger partial charge in [-0.3, -0.25) is 4.31 Å². The van der Waals surface area contributed by atoms with Crippen LogP contribution < -0.4 is 9.41 Å². The predicted molar refractivity (Wildman–Crippen MR) is 69.6 cm³/mol. The monoisotopic (exact) mass is 340 g/mol. The number of aromatic carboxylic acids is 1. The maximum Gasteiger partial charge on any atom is 0.418 e. The van der Waals surface area contributed by atoms with E-state index < -0.39 is 51.6 Å². The third kappa shape index (κ3) is 4.34. The summed E-state index contributed by atoms with van der Waals surface area (Å²) >= 11 is 0. The second-order valence-corrected chi connectivity index (χ2v) is 6.57. The van der Waals surface area contributed by atoms with Gasteiger partial charge in [0.25, 0.3) is 0 Å². The molecule has 124 valence electrons. The number of hydrogen-bond donors (Lipinski definition) is 1. The number of anilines is 1. The lowest BCUT2D eigenvalue weighted by atomic mass is 10.1. The molecule has 0 fully saturated rings. The van der Waals surface area contributed by atoms with Gasteiger partial charge >= 0.3 is 6.18 Å². The SMILES string of the molecule is CC(O)CN(c1cc(C(=O)[O-])ccc1C(F)(F)F)S(C)(=O)=O. The lowest BCUT2D eigenvalue weighted by Crippen LogP contribution is -2.37. The van der Waals surface area contributed by atoms with Crippen molar-refractivity contribution in [1.29, 1.82) is 0 Å². The molecule has 0 aliphatic rings. The Kier molecular flexibility index (Phi) is 5.08. The molecule has 0 saturated heterocycles. The Morgan fingerprint density at radius 3 is 2.32 bits per heavy atom. The number of rotatable bonds is 5. The van der Waals surface area contributed by atoms with Crippen LogP contribution in [0, 0.1) is 0 Å². The predicted octanol–water partition coefficient (Wildman–Crippen LogP) is 0.216. The standard InChI is InChI=1S/C12H14F3NO5S/c1-7(17)6-16(22(2,20)21)10-5-8(11(18)19)3-4-9(10)12(13,14)15/h3-5,7,17H,6H2,1-2H3,(H,18,19)/p-1. The van der Waals surface area contributed by atoms with Gasteiger partial charge in [-0.2, -0.15) is 13.2 Å². The van der Waals surface area contributed by atoms with Gasteiger partial charge in [0.2, 0.25) is 10.0 Å². The summed E-state index contributed by atoms with van der Waals surface area (Å²) in [5, 5.41) is 20.1. The summed E-state index contributed by atoms with van der Waals surface area (Å²) in [4.78, 5) is 10.8. The van der Waals surface area contributed by atoms with Crippen LogP contribution in [0.2, 0.25) is 0 Å². The van der Waals surface area contributed by atoms with Crippen molar-refractivity contribution in [1.82, 2.24) is 0 Å².